The van der Waals surface area contributed by atoms with E-state index >= 15 is 0 Å². The van der Waals surface area contributed by atoms with Crippen LogP contribution in [0, 0.1) is 10.1 Å². The number of ether oxygens (including phenoxy) is 2. The highest BCUT2D eigenvalue weighted by Crippen LogP contribution is 2.24. The third-order valence-corrected chi connectivity index (χ3v) is 3.23. The molecule has 2 rings (SSSR count). The standard InChI is InChI=1S/C13H16N2O6/c1-20-11-5-9(4-10(6-11)15(18)19)7-14-2-3-21-12(8-14)13(16)17/h4-6,12H,2-3,7-8H2,1H3,(H,16,17). The lowest BCUT2D eigenvalue weighted by atomic mass is 10.1. The van der Waals surface area contributed by atoms with E-state index in [0.29, 0.717) is 31.0 Å². The highest BCUT2D eigenvalue weighted by atomic mass is 16.6. The van der Waals surface area contributed by atoms with E-state index in [9.17, 15) is 14.9 Å². The molecular formula is C13H16N2O6. The summed E-state index contributed by atoms with van der Waals surface area (Å²) in [4.78, 5) is 23.2. The van der Waals surface area contributed by atoms with Gasteiger partial charge in [0.15, 0.2) is 6.10 Å². The number of aliphatic carboxylic acids is 1. The fourth-order valence-corrected chi connectivity index (χ4v) is 2.21. The molecule has 0 bridgehead atoms. The molecule has 0 spiro atoms. The van der Waals surface area contributed by atoms with Crippen LogP contribution < -0.4 is 4.74 Å². The Morgan fingerprint density at radius 2 is 2.33 bits per heavy atom. The number of hydrogen-bond donors (Lipinski definition) is 1. The van der Waals surface area contributed by atoms with Crippen LogP contribution in [0.4, 0.5) is 5.69 Å². The van der Waals surface area contributed by atoms with E-state index in [2.05, 4.69) is 0 Å². The minimum Gasteiger partial charge on any atom is -0.496 e. The Labute approximate surface area is 121 Å². The first-order chi connectivity index (χ1) is 9.99. The Morgan fingerprint density at radius 3 is 2.95 bits per heavy atom. The summed E-state index contributed by atoms with van der Waals surface area (Å²) in [7, 11) is 1.44. The van der Waals surface area contributed by atoms with Crippen molar-refractivity contribution in [2.45, 2.75) is 12.6 Å². The summed E-state index contributed by atoms with van der Waals surface area (Å²) in [6.45, 7) is 1.56. The summed E-state index contributed by atoms with van der Waals surface area (Å²) in [5.41, 5.74) is 0.652. The van der Waals surface area contributed by atoms with Crippen molar-refractivity contribution in [3.05, 3.63) is 33.9 Å². The van der Waals surface area contributed by atoms with Crippen LogP contribution in [-0.4, -0.2) is 53.8 Å². The highest BCUT2D eigenvalue weighted by Gasteiger charge is 2.26. The SMILES string of the molecule is COc1cc(CN2CCOC(C(=O)O)C2)cc([N+](=O)[O-])c1. The number of methoxy groups -OCH3 is 1. The van der Waals surface area contributed by atoms with Gasteiger partial charge < -0.3 is 14.6 Å². The lowest BCUT2D eigenvalue weighted by molar-refractivity contribution is -0.385. The Morgan fingerprint density at radius 1 is 1.57 bits per heavy atom. The van der Waals surface area contributed by atoms with E-state index in [-0.39, 0.29) is 12.2 Å². The van der Waals surface area contributed by atoms with Crippen LogP contribution in [0.2, 0.25) is 0 Å². The average molecular weight is 296 g/mol. The van der Waals surface area contributed by atoms with Crippen LogP contribution >= 0.6 is 0 Å². The number of rotatable bonds is 5. The number of carboxylic acids is 1. The summed E-state index contributed by atoms with van der Waals surface area (Å²) in [6.07, 6.45) is -0.862. The maximum absolute atomic E-state index is 10.9. The zero-order valence-corrected chi connectivity index (χ0v) is 11.5. The number of non-ortho nitro benzene ring substituents is 1. The Bertz CT molecular complexity index is 547. The van der Waals surface area contributed by atoms with Gasteiger partial charge in [0.1, 0.15) is 5.75 Å². The number of nitro benzene ring substituents is 1. The molecule has 1 heterocycles. The minimum atomic E-state index is -1.00. The minimum absolute atomic E-state index is 0.0487. The topological polar surface area (TPSA) is 102 Å². The van der Waals surface area contributed by atoms with Gasteiger partial charge in [0, 0.05) is 25.7 Å². The molecule has 1 aliphatic heterocycles. The van der Waals surface area contributed by atoms with Crippen LogP contribution in [0.5, 0.6) is 5.75 Å². The van der Waals surface area contributed by atoms with E-state index in [1.165, 1.54) is 19.2 Å². The van der Waals surface area contributed by atoms with Crippen molar-refractivity contribution in [3.63, 3.8) is 0 Å². The molecule has 21 heavy (non-hydrogen) atoms. The van der Waals surface area contributed by atoms with Gasteiger partial charge in [-0.25, -0.2) is 4.79 Å². The molecule has 0 aliphatic carbocycles. The van der Waals surface area contributed by atoms with Gasteiger partial charge in [0.2, 0.25) is 0 Å². The maximum atomic E-state index is 10.9. The fraction of sp³-hybridized carbons (Fsp3) is 0.462. The third-order valence-electron chi connectivity index (χ3n) is 3.23. The van der Waals surface area contributed by atoms with Gasteiger partial charge >= 0.3 is 5.97 Å². The lowest BCUT2D eigenvalue weighted by Gasteiger charge is -2.30. The van der Waals surface area contributed by atoms with Crippen LogP contribution in [0.15, 0.2) is 18.2 Å². The predicted molar refractivity (Wildman–Crippen MR) is 72.3 cm³/mol. The highest BCUT2D eigenvalue weighted by molar-refractivity contribution is 5.72. The van der Waals surface area contributed by atoms with Gasteiger partial charge in [-0.1, -0.05) is 0 Å². The molecule has 0 saturated carbocycles. The maximum Gasteiger partial charge on any atom is 0.334 e. The van der Waals surface area contributed by atoms with E-state index in [1.54, 1.807) is 6.07 Å². The average Bonchev–Trinajstić information content (AvgIpc) is 2.47. The van der Waals surface area contributed by atoms with Crippen LogP contribution in [-0.2, 0) is 16.1 Å². The molecule has 1 unspecified atom stereocenters. The van der Waals surface area contributed by atoms with Crippen molar-refractivity contribution in [1.82, 2.24) is 4.90 Å². The quantitative estimate of drug-likeness (QED) is 0.635. The largest absolute Gasteiger partial charge is 0.496 e. The monoisotopic (exact) mass is 296 g/mol. The Balaban J connectivity index is 2.13. The number of hydrogen-bond acceptors (Lipinski definition) is 6. The molecule has 0 amide bonds. The van der Waals surface area contributed by atoms with Crippen molar-refractivity contribution in [3.8, 4) is 5.75 Å². The van der Waals surface area contributed by atoms with E-state index < -0.39 is 17.0 Å². The Kier molecular flexibility index (Phi) is 4.71. The molecule has 1 aromatic rings. The molecular weight excluding hydrogens is 280 g/mol. The van der Waals surface area contributed by atoms with E-state index in [1.807, 2.05) is 4.90 Å². The molecule has 114 valence electrons. The van der Waals surface area contributed by atoms with Crippen molar-refractivity contribution < 1.29 is 24.3 Å². The molecule has 0 radical (unpaired) electrons. The first-order valence-corrected chi connectivity index (χ1v) is 6.38. The van der Waals surface area contributed by atoms with Crippen LogP contribution in [0.3, 0.4) is 0 Å². The molecule has 8 heteroatoms. The van der Waals surface area contributed by atoms with Gasteiger partial charge in [0.25, 0.3) is 5.69 Å². The molecule has 0 aromatic heterocycles. The smallest absolute Gasteiger partial charge is 0.334 e. The first-order valence-electron chi connectivity index (χ1n) is 6.38. The lowest BCUT2D eigenvalue weighted by Crippen LogP contribution is -2.45. The summed E-state index contributed by atoms with van der Waals surface area (Å²) < 4.78 is 10.2. The fourth-order valence-electron chi connectivity index (χ4n) is 2.21. The van der Waals surface area contributed by atoms with Gasteiger partial charge in [-0.2, -0.15) is 0 Å². The van der Waals surface area contributed by atoms with Gasteiger partial charge in [0.05, 0.1) is 24.7 Å². The second-order valence-corrected chi connectivity index (χ2v) is 4.73. The third kappa shape index (κ3) is 3.89. The number of nitrogens with zero attached hydrogens (tertiary/aromatic N) is 2. The number of carboxylic acid groups (broad SMARTS) is 1. The number of nitro groups is 1. The van der Waals surface area contributed by atoms with Crippen LogP contribution in [0.25, 0.3) is 0 Å². The molecule has 1 aliphatic rings. The van der Waals surface area contributed by atoms with Gasteiger partial charge in [-0.05, 0) is 11.6 Å². The molecule has 1 fully saturated rings. The summed E-state index contributed by atoms with van der Waals surface area (Å²) >= 11 is 0. The second kappa shape index (κ2) is 6.51. The van der Waals surface area contributed by atoms with Crippen LogP contribution in [0.1, 0.15) is 5.56 Å². The summed E-state index contributed by atoms with van der Waals surface area (Å²) in [6, 6.07) is 4.52. The second-order valence-electron chi connectivity index (χ2n) is 4.73. The zero-order valence-electron chi connectivity index (χ0n) is 11.5. The number of morpholine rings is 1. The van der Waals surface area contributed by atoms with Gasteiger partial charge in [-0.3, -0.25) is 15.0 Å². The van der Waals surface area contributed by atoms with Crippen molar-refractivity contribution in [2.75, 3.05) is 26.8 Å². The molecule has 1 atom stereocenters. The van der Waals surface area contributed by atoms with Crippen molar-refractivity contribution in [2.24, 2.45) is 0 Å². The van der Waals surface area contributed by atoms with Gasteiger partial charge in [-0.15, -0.1) is 0 Å². The zero-order chi connectivity index (χ0) is 15.4. The molecule has 1 saturated heterocycles. The molecule has 1 aromatic carbocycles. The summed E-state index contributed by atoms with van der Waals surface area (Å²) in [5, 5.41) is 19.9. The van der Waals surface area contributed by atoms with E-state index in [4.69, 9.17) is 14.6 Å². The van der Waals surface area contributed by atoms with Crippen molar-refractivity contribution in [1.29, 1.82) is 0 Å². The Hall–Kier alpha value is -2.19. The molecule has 8 nitrogen and oxygen atoms in total. The first kappa shape index (κ1) is 15.2. The predicted octanol–water partition coefficient (Wildman–Crippen LogP) is 0.889. The number of carbonyl (C=O) groups is 1. The van der Waals surface area contributed by atoms with E-state index in [0.717, 1.165) is 0 Å². The summed E-state index contributed by atoms with van der Waals surface area (Å²) in [5.74, 6) is -0.599. The van der Waals surface area contributed by atoms with Crippen molar-refractivity contribution >= 4 is 11.7 Å². The normalized spacial score (nSPS) is 19.2. The molecule has 1 N–H and O–H groups in total. The number of benzene rings is 1.